The van der Waals surface area contributed by atoms with E-state index < -0.39 is 0 Å². The second-order valence-corrected chi connectivity index (χ2v) is 5.85. The first-order valence-corrected chi connectivity index (χ1v) is 6.93. The molecule has 1 aliphatic carbocycles. The third kappa shape index (κ3) is 3.10. The molecule has 1 saturated carbocycles. The highest BCUT2D eigenvalue weighted by atomic mass is 14.9. The Morgan fingerprint density at radius 2 is 1.59 bits per heavy atom. The molecule has 17 heavy (non-hydrogen) atoms. The molecule has 2 rings (SSSR count). The number of nitrogens with one attached hydrogen (secondary N) is 1. The summed E-state index contributed by atoms with van der Waals surface area (Å²) in [6.07, 6.45) is 4.14. The van der Waals surface area contributed by atoms with E-state index in [0.29, 0.717) is 6.04 Å². The van der Waals surface area contributed by atoms with Gasteiger partial charge in [-0.15, -0.1) is 0 Å². The van der Waals surface area contributed by atoms with Crippen LogP contribution in [0.25, 0.3) is 0 Å². The third-order valence-corrected chi connectivity index (χ3v) is 4.16. The zero-order chi connectivity index (χ0) is 12.3. The van der Waals surface area contributed by atoms with Gasteiger partial charge in [-0.2, -0.15) is 0 Å². The Balaban J connectivity index is 2.13. The van der Waals surface area contributed by atoms with Gasteiger partial charge in [0.25, 0.3) is 0 Å². The van der Waals surface area contributed by atoms with E-state index >= 15 is 0 Å². The fourth-order valence-electron chi connectivity index (χ4n) is 3.62. The van der Waals surface area contributed by atoms with Gasteiger partial charge in [-0.25, -0.2) is 0 Å². The van der Waals surface area contributed by atoms with E-state index in [1.165, 1.54) is 24.8 Å². The Kier molecular flexibility index (Phi) is 4.22. The van der Waals surface area contributed by atoms with Crippen LogP contribution in [-0.4, -0.2) is 7.05 Å². The van der Waals surface area contributed by atoms with Crippen molar-refractivity contribution in [2.45, 2.75) is 39.2 Å². The standard InChI is InChI=1S/C16H25N/c1-12-9-13(2)11-15(10-12)16(17-3)14-7-5-4-6-8-14/h4-8,12-13,15-17H,9-11H2,1-3H3. The van der Waals surface area contributed by atoms with Crippen molar-refractivity contribution in [2.75, 3.05) is 7.05 Å². The van der Waals surface area contributed by atoms with Crippen molar-refractivity contribution in [2.24, 2.45) is 17.8 Å². The van der Waals surface area contributed by atoms with E-state index in [-0.39, 0.29) is 0 Å². The molecule has 1 heteroatoms. The second kappa shape index (κ2) is 5.68. The molecule has 1 aromatic rings. The monoisotopic (exact) mass is 231 g/mol. The van der Waals surface area contributed by atoms with Crippen molar-refractivity contribution in [3.05, 3.63) is 35.9 Å². The summed E-state index contributed by atoms with van der Waals surface area (Å²) in [5.41, 5.74) is 1.45. The second-order valence-electron chi connectivity index (χ2n) is 5.85. The van der Waals surface area contributed by atoms with Gasteiger partial charge in [0, 0.05) is 6.04 Å². The molecule has 1 fully saturated rings. The third-order valence-electron chi connectivity index (χ3n) is 4.16. The fraction of sp³-hybridized carbons (Fsp3) is 0.625. The first-order valence-electron chi connectivity index (χ1n) is 6.93. The highest BCUT2D eigenvalue weighted by Gasteiger charge is 2.29. The molecule has 0 aliphatic heterocycles. The molecular formula is C16H25N. The predicted octanol–water partition coefficient (Wildman–Crippen LogP) is 4.02. The lowest BCUT2D eigenvalue weighted by atomic mass is 9.72. The Morgan fingerprint density at radius 1 is 1.00 bits per heavy atom. The van der Waals surface area contributed by atoms with Crippen LogP contribution < -0.4 is 5.32 Å². The molecule has 1 aromatic carbocycles. The number of hydrogen-bond donors (Lipinski definition) is 1. The minimum absolute atomic E-state index is 0.529. The van der Waals surface area contributed by atoms with Crippen molar-refractivity contribution >= 4 is 0 Å². The van der Waals surface area contributed by atoms with Gasteiger partial charge in [0.2, 0.25) is 0 Å². The lowest BCUT2D eigenvalue weighted by Gasteiger charge is -2.36. The average Bonchev–Trinajstić information content (AvgIpc) is 2.30. The Hall–Kier alpha value is -0.820. The summed E-state index contributed by atoms with van der Waals surface area (Å²) in [4.78, 5) is 0. The average molecular weight is 231 g/mol. The van der Waals surface area contributed by atoms with Gasteiger partial charge in [0.15, 0.2) is 0 Å². The van der Waals surface area contributed by atoms with Gasteiger partial charge < -0.3 is 5.32 Å². The van der Waals surface area contributed by atoms with E-state index in [4.69, 9.17) is 0 Å². The first-order chi connectivity index (χ1) is 8.20. The first kappa shape index (κ1) is 12.6. The molecule has 1 nitrogen and oxygen atoms in total. The molecule has 0 heterocycles. The topological polar surface area (TPSA) is 12.0 Å². The van der Waals surface area contributed by atoms with Crippen LogP contribution in [0.4, 0.5) is 0 Å². The molecule has 0 aromatic heterocycles. The molecule has 3 unspecified atom stereocenters. The van der Waals surface area contributed by atoms with Gasteiger partial charge in [-0.05, 0) is 49.6 Å². The molecule has 1 aliphatic rings. The van der Waals surface area contributed by atoms with Gasteiger partial charge >= 0.3 is 0 Å². The lowest BCUT2D eigenvalue weighted by molar-refractivity contribution is 0.180. The number of benzene rings is 1. The quantitative estimate of drug-likeness (QED) is 0.828. The van der Waals surface area contributed by atoms with E-state index in [1.807, 2.05) is 0 Å². The van der Waals surface area contributed by atoms with Gasteiger partial charge in [0.1, 0.15) is 0 Å². The summed E-state index contributed by atoms with van der Waals surface area (Å²) in [7, 11) is 2.10. The van der Waals surface area contributed by atoms with Crippen molar-refractivity contribution < 1.29 is 0 Å². The summed E-state index contributed by atoms with van der Waals surface area (Å²) in [6, 6.07) is 11.4. The van der Waals surface area contributed by atoms with Crippen LogP contribution in [-0.2, 0) is 0 Å². The number of hydrogen-bond acceptors (Lipinski definition) is 1. The minimum atomic E-state index is 0.529. The van der Waals surface area contributed by atoms with Gasteiger partial charge in [0.05, 0.1) is 0 Å². The molecule has 0 radical (unpaired) electrons. The summed E-state index contributed by atoms with van der Waals surface area (Å²) in [6.45, 7) is 4.81. The largest absolute Gasteiger partial charge is 0.313 e. The molecule has 1 N–H and O–H groups in total. The van der Waals surface area contributed by atoms with Crippen LogP contribution in [0.1, 0.15) is 44.7 Å². The van der Waals surface area contributed by atoms with E-state index in [0.717, 1.165) is 17.8 Å². The maximum atomic E-state index is 3.53. The molecule has 0 saturated heterocycles. The molecule has 0 bridgehead atoms. The highest BCUT2D eigenvalue weighted by Crippen LogP contribution is 2.39. The van der Waals surface area contributed by atoms with E-state index in [9.17, 15) is 0 Å². The van der Waals surface area contributed by atoms with E-state index in [2.05, 4.69) is 56.5 Å². The smallest absolute Gasteiger partial charge is 0.0346 e. The van der Waals surface area contributed by atoms with Gasteiger partial charge in [-0.1, -0.05) is 44.2 Å². The predicted molar refractivity (Wildman–Crippen MR) is 73.9 cm³/mol. The summed E-state index contributed by atoms with van der Waals surface area (Å²) < 4.78 is 0. The fourth-order valence-corrected chi connectivity index (χ4v) is 3.62. The maximum absolute atomic E-state index is 3.53. The van der Waals surface area contributed by atoms with Gasteiger partial charge in [-0.3, -0.25) is 0 Å². The molecule has 3 atom stereocenters. The Labute approximate surface area is 106 Å². The number of rotatable bonds is 3. The van der Waals surface area contributed by atoms with Crippen LogP contribution in [0.15, 0.2) is 30.3 Å². The Morgan fingerprint density at radius 3 is 2.12 bits per heavy atom. The van der Waals surface area contributed by atoms with E-state index in [1.54, 1.807) is 0 Å². The maximum Gasteiger partial charge on any atom is 0.0346 e. The van der Waals surface area contributed by atoms with Crippen LogP contribution in [0, 0.1) is 17.8 Å². The van der Waals surface area contributed by atoms with Crippen molar-refractivity contribution in [1.29, 1.82) is 0 Å². The molecule has 0 spiro atoms. The zero-order valence-electron chi connectivity index (χ0n) is 11.3. The highest BCUT2D eigenvalue weighted by molar-refractivity contribution is 5.19. The summed E-state index contributed by atoms with van der Waals surface area (Å²) in [5.74, 6) is 2.55. The van der Waals surface area contributed by atoms with Crippen LogP contribution in [0.5, 0.6) is 0 Å². The SMILES string of the molecule is CNC(c1ccccc1)C1CC(C)CC(C)C1. The van der Waals surface area contributed by atoms with Crippen molar-refractivity contribution in [3.63, 3.8) is 0 Å². The van der Waals surface area contributed by atoms with Crippen LogP contribution >= 0.6 is 0 Å². The van der Waals surface area contributed by atoms with Crippen molar-refractivity contribution in [1.82, 2.24) is 5.32 Å². The minimum Gasteiger partial charge on any atom is -0.313 e. The van der Waals surface area contributed by atoms with Crippen LogP contribution in [0.2, 0.25) is 0 Å². The molecule has 94 valence electrons. The van der Waals surface area contributed by atoms with Crippen molar-refractivity contribution in [3.8, 4) is 0 Å². The summed E-state index contributed by atoms with van der Waals surface area (Å²) in [5, 5.41) is 3.53. The zero-order valence-corrected chi connectivity index (χ0v) is 11.3. The Bertz CT molecular complexity index is 323. The normalized spacial score (nSPS) is 31.1. The molecular weight excluding hydrogens is 206 g/mol. The molecule has 0 amide bonds. The summed E-state index contributed by atoms with van der Waals surface area (Å²) >= 11 is 0. The lowest BCUT2D eigenvalue weighted by Crippen LogP contribution is -2.31. The van der Waals surface area contributed by atoms with Crippen LogP contribution in [0.3, 0.4) is 0 Å².